The van der Waals surface area contributed by atoms with Gasteiger partial charge in [-0.05, 0) is 76.3 Å². The van der Waals surface area contributed by atoms with Crippen LogP contribution in [0.2, 0.25) is 0 Å². The Labute approximate surface area is 170 Å². The zero-order valence-electron chi connectivity index (χ0n) is 17.6. The first-order valence-electron chi connectivity index (χ1n) is 11.0. The molecule has 28 heavy (non-hydrogen) atoms. The molecule has 0 saturated carbocycles. The molecule has 2 fully saturated rings. The van der Waals surface area contributed by atoms with Gasteiger partial charge in [-0.15, -0.1) is 0 Å². The molecule has 156 valence electrons. The molecule has 5 nitrogen and oxygen atoms in total. The van der Waals surface area contributed by atoms with Crippen molar-refractivity contribution >= 4 is 5.91 Å². The molecular weight excluding hydrogens is 350 g/mol. The molecule has 2 aliphatic rings. The summed E-state index contributed by atoms with van der Waals surface area (Å²) in [6.45, 7) is 9.66. The van der Waals surface area contributed by atoms with Gasteiger partial charge in [-0.2, -0.15) is 0 Å². The molecule has 0 radical (unpaired) electrons. The van der Waals surface area contributed by atoms with Crippen LogP contribution >= 0.6 is 0 Å². The van der Waals surface area contributed by atoms with Gasteiger partial charge in [-0.25, -0.2) is 0 Å². The minimum absolute atomic E-state index is 0.0299. The summed E-state index contributed by atoms with van der Waals surface area (Å²) in [5.41, 5.74) is 2.83. The molecule has 1 atom stereocenters. The number of piperidine rings is 2. The van der Waals surface area contributed by atoms with Crippen LogP contribution in [0.1, 0.15) is 50.2 Å². The summed E-state index contributed by atoms with van der Waals surface area (Å²) in [4.78, 5) is 17.6. The number of aliphatic hydroxyl groups excluding tert-OH is 1. The van der Waals surface area contributed by atoms with Crippen LogP contribution < -0.4 is 5.32 Å². The van der Waals surface area contributed by atoms with Crippen LogP contribution in [0, 0.1) is 12.8 Å². The van der Waals surface area contributed by atoms with E-state index in [0.29, 0.717) is 6.04 Å². The van der Waals surface area contributed by atoms with Crippen molar-refractivity contribution in [2.24, 2.45) is 5.92 Å². The van der Waals surface area contributed by atoms with Crippen molar-refractivity contribution in [2.75, 3.05) is 32.8 Å². The fourth-order valence-electron chi connectivity index (χ4n) is 4.59. The number of rotatable bonds is 7. The van der Waals surface area contributed by atoms with Gasteiger partial charge >= 0.3 is 0 Å². The summed E-state index contributed by atoms with van der Waals surface area (Å²) in [6, 6.07) is 9.27. The molecule has 0 aliphatic carbocycles. The van der Waals surface area contributed by atoms with Gasteiger partial charge in [0.1, 0.15) is 0 Å². The molecule has 0 bridgehead atoms. The lowest BCUT2D eigenvalue weighted by Crippen LogP contribution is -2.50. The van der Waals surface area contributed by atoms with E-state index in [1.54, 1.807) is 0 Å². The minimum atomic E-state index is -0.0943. The number of nitrogens with zero attached hydrogens (tertiary/aromatic N) is 2. The maximum absolute atomic E-state index is 12.4. The molecule has 1 amide bonds. The Balaban J connectivity index is 1.40. The molecule has 2 heterocycles. The van der Waals surface area contributed by atoms with Crippen molar-refractivity contribution in [1.29, 1.82) is 0 Å². The monoisotopic (exact) mass is 387 g/mol. The molecule has 5 heteroatoms. The minimum Gasteiger partial charge on any atom is -0.394 e. The highest BCUT2D eigenvalue weighted by Crippen LogP contribution is 2.25. The number of hydrogen-bond donors (Lipinski definition) is 2. The summed E-state index contributed by atoms with van der Waals surface area (Å²) in [5, 5.41) is 12.3. The van der Waals surface area contributed by atoms with Crippen molar-refractivity contribution in [3.05, 3.63) is 35.4 Å². The van der Waals surface area contributed by atoms with Gasteiger partial charge in [0.25, 0.3) is 0 Å². The lowest BCUT2D eigenvalue weighted by Gasteiger charge is -2.41. The Kier molecular flexibility index (Phi) is 7.89. The summed E-state index contributed by atoms with van der Waals surface area (Å²) in [7, 11) is 0. The average Bonchev–Trinajstić information content (AvgIpc) is 2.74. The Morgan fingerprint density at radius 3 is 2.43 bits per heavy atom. The van der Waals surface area contributed by atoms with Crippen molar-refractivity contribution in [3.63, 3.8) is 0 Å². The maximum Gasteiger partial charge on any atom is 0.223 e. The zero-order valence-corrected chi connectivity index (χ0v) is 17.6. The molecule has 0 spiro atoms. The third-order valence-electron chi connectivity index (χ3n) is 6.69. The predicted molar refractivity (Wildman–Crippen MR) is 113 cm³/mol. The first-order chi connectivity index (χ1) is 13.6. The third kappa shape index (κ3) is 5.56. The largest absolute Gasteiger partial charge is 0.394 e. The van der Waals surface area contributed by atoms with Crippen LogP contribution in [0.3, 0.4) is 0 Å². The SMILES string of the molecule is CC[C@@H](CO)NC(=O)C1CCN(C2CCN(Cc3ccccc3C)CC2)CC1. The van der Waals surface area contributed by atoms with Crippen molar-refractivity contribution in [1.82, 2.24) is 15.1 Å². The predicted octanol–water partition coefficient (Wildman–Crippen LogP) is 2.56. The molecule has 0 unspecified atom stereocenters. The second kappa shape index (κ2) is 10.4. The molecule has 0 aromatic heterocycles. The lowest BCUT2D eigenvalue weighted by atomic mass is 9.92. The van der Waals surface area contributed by atoms with E-state index in [9.17, 15) is 9.90 Å². The Morgan fingerprint density at radius 1 is 1.14 bits per heavy atom. The standard InChI is InChI=1S/C23H37N3O2/c1-3-21(17-27)24-23(28)19-8-14-26(15-9-19)22-10-12-25(13-11-22)16-20-7-5-4-6-18(20)2/h4-7,19,21-22,27H,3,8-17H2,1-2H3,(H,24,28)/t21-/m0/s1. The second-order valence-corrected chi connectivity index (χ2v) is 8.54. The molecule has 1 aromatic rings. The quantitative estimate of drug-likeness (QED) is 0.755. The highest BCUT2D eigenvalue weighted by atomic mass is 16.3. The van der Waals surface area contributed by atoms with E-state index in [4.69, 9.17) is 0 Å². The van der Waals surface area contributed by atoms with Gasteiger partial charge in [0, 0.05) is 18.5 Å². The van der Waals surface area contributed by atoms with Gasteiger partial charge in [0.2, 0.25) is 5.91 Å². The van der Waals surface area contributed by atoms with E-state index in [2.05, 4.69) is 46.3 Å². The average molecular weight is 388 g/mol. The second-order valence-electron chi connectivity index (χ2n) is 8.54. The Bertz CT molecular complexity index is 616. The number of aliphatic hydroxyl groups is 1. The maximum atomic E-state index is 12.4. The number of amides is 1. The number of nitrogens with one attached hydrogen (secondary N) is 1. The Hall–Kier alpha value is -1.43. The molecule has 1 aromatic carbocycles. The number of benzene rings is 1. The van der Waals surface area contributed by atoms with Gasteiger partial charge < -0.3 is 15.3 Å². The number of carbonyl (C=O) groups excluding carboxylic acids is 1. The van der Waals surface area contributed by atoms with Crippen LogP contribution in [0.5, 0.6) is 0 Å². The van der Waals surface area contributed by atoms with E-state index in [0.717, 1.165) is 52.0 Å². The van der Waals surface area contributed by atoms with Crippen LogP contribution in [0.25, 0.3) is 0 Å². The van der Waals surface area contributed by atoms with Crippen molar-refractivity contribution in [3.8, 4) is 0 Å². The summed E-state index contributed by atoms with van der Waals surface area (Å²) < 4.78 is 0. The molecular formula is C23H37N3O2. The fraction of sp³-hybridized carbons (Fsp3) is 0.696. The van der Waals surface area contributed by atoms with E-state index in [1.807, 2.05) is 6.92 Å². The number of carbonyl (C=O) groups is 1. The topological polar surface area (TPSA) is 55.8 Å². The smallest absolute Gasteiger partial charge is 0.223 e. The Morgan fingerprint density at radius 2 is 1.82 bits per heavy atom. The molecule has 2 saturated heterocycles. The molecule has 3 rings (SSSR count). The van der Waals surface area contributed by atoms with Crippen LogP contribution in [0.15, 0.2) is 24.3 Å². The third-order valence-corrected chi connectivity index (χ3v) is 6.69. The van der Waals surface area contributed by atoms with Crippen molar-refractivity contribution in [2.45, 2.75) is 64.6 Å². The van der Waals surface area contributed by atoms with Crippen LogP contribution in [0.4, 0.5) is 0 Å². The summed E-state index contributed by atoms with van der Waals surface area (Å²) >= 11 is 0. The number of hydrogen-bond acceptors (Lipinski definition) is 4. The van der Waals surface area contributed by atoms with Crippen molar-refractivity contribution < 1.29 is 9.90 Å². The van der Waals surface area contributed by atoms with E-state index >= 15 is 0 Å². The highest BCUT2D eigenvalue weighted by molar-refractivity contribution is 5.79. The summed E-state index contributed by atoms with van der Waals surface area (Å²) in [5.74, 6) is 0.242. The van der Waals surface area contributed by atoms with Gasteiger partial charge in [0.05, 0.1) is 12.6 Å². The lowest BCUT2D eigenvalue weighted by molar-refractivity contribution is -0.127. The molecule has 2 N–H and O–H groups in total. The number of likely N-dealkylation sites (tertiary alicyclic amines) is 2. The summed E-state index contributed by atoms with van der Waals surface area (Å²) in [6.07, 6.45) is 5.12. The zero-order chi connectivity index (χ0) is 19.9. The first kappa shape index (κ1) is 21.3. The van der Waals surface area contributed by atoms with Gasteiger partial charge in [-0.3, -0.25) is 9.69 Å². The normalized spacial score (nSPS) is 21.5. The van der Waals surface area contributed by atoms with Gasteiger partial charge in [0.15, 0.2) is 0 Å². The van der Waals surface area contributed by atoms with Crippen LogP contribution in [-0.2, 0) is 11.3 Å². The van der Waals surface area contributed by atoms with E-state index in [1.165, 1.54) is 24.0 Å². The van der Waals surface area contributed by atoms with E-state index in [-0.39, 0.29) is 24.5 Å². The molecule has 2 aliphatic heterocycles. The van der Waals surface area contributed by atoms with Crippen LogP contribution in [-0.4, -0.2) is 65.7 Å². The number of aryl methyl sites for hydroxylation is 1. The van der Waals surface area contributed by atoms with E-state index < -0.39 is 0 Å². The first-order valence-corrected chi connectivity index (χ1v) is 11.0. The fourth-order valence-corrected chi connectivity index (χ4v) is 4.59. The highest BCUT2D eigenvalue weighted by Gasteiger charge is 2.31. The van der Waals surface area contributed by atoms with Gasteiger partial charge in [-0.1, -0.05) is 31.2 Å².